The van der Waals surface area contributed by atoms with E-state index in [-0.39, 0.29) is 28.3 Å². The summed E-state index contributed by atoms with van der Waals surface area (Å²) in [5.41, 5.74) is -4.54. The first-order valence-corrected chi connectivity index (χ1v) is 8.02. The molecule has 26 heavy (non-hydrogen) atoms. The summed E-state index contributed by atoms with van der Waals surface area (Å²) in [6.07, 6.45) is -3.39. The third-order valence-corrected chi connectivity index (χ3v) is 3.67. The van der Waals surface area contributed by atoms with Crippen molar-refractivity contribution in [3.63, 3.8) is 0 Å². The van der Waals surface area contributed by atoms with Gasteiger partial charge in [0.25, 0.3) is 11.4 Å². The van der Waals surface area contributed by atoms with E-state index in [0.717, 1.165) is 17.8 Å². The second kappa shape index (κ2) is 7.29. The summed E-state index contributed by atoms with van der Waals surface area (Å²) in [6, 6.07) is 1.52. The van der Waals surface area contributed by atoms with E-state index < -0.39 is 38.6 Å². The zero-order chi connectivity index (χ0) is 19.6. The fourth-order valence-electron chi connectivity index (χ4n) is 1.87. The first-order chi connectivity index (χ1) is 12.0. The maximum atomic E-state index is 12.9. The molecule has 0 fully saturated rings. The lowest BCUT2D eigenvalue weighted by molar-refractivity contribution is -0.392. The van der Waals surface area contributed by atoms with E-state index in [2.05, 4.69) is 15.3 Å². The van der Waals surface area contributed by atoms with Crippen LogP contribution >= 0.6 is 23.4 Å². The lowest BCUT2D eigenvalue weighted by Crippen LogP contribution is -2.10. The topological polar surface area (TPSA) is 124 Å². The van der Waals surface area contributed by atoms with Crippen molar-refractivity contribution >= 4 is 46.2 Å². The van der Waals surface area contributed by atoms with Crippen LogP contribution in [0.2, 0.25) is 5.15 Å². The fraction of sp³-hybridized carbons (Fsp3) is 0.167. The Bertz CT molecular complexity index is 861. The number of anilines is 2. The van der Waals surface area contributed by atoms with E-state index in [1.54, 1.807) is 6.26 Å². The molecule has 0 aliphatic rings. The Morgan fingerprint density at radius 1 is 1.12 bits per heavy atom. The molecule has 9 nitrogen and oxygen atoms in total. The molecule has 0 unspecified atom stereocenters. The molecule has 138 valence electrons. The normalized spacial score (nSPS) is 11.3. The van der Waals surface area contributed by atoms with Gasteiger partial charge >= 0.3 is 6.18 Å². The Kier molecular flexibility index (Phi) is 5.51. The van der Waals surface area contributed by atoms with Crippen LogP contribution in [0.25, 0.3) is 0 Å². The molecule has 1 aromatic heterocycles. The molecular weight excluding hydrogens is 403 g/mol. The Labute approximate surface area is 151 Å². The van der Waals surface area contributed by atoms with Crippen LogP contribution in [0.3, 0.4) is 0 Å². The second-order valence-corrected chi connectivity index (χ2v) is 5.75. The van der Waals surface area contributed by atoms with Gasteiger partial charge < -0.3 is 5.32 Å². The molecule has 1 aromatic carbocycles. The number of halogens is 4. The van der Waals surface area contributed by atoms with Crippen molar-refractivity contribution in [3.8, 4) is 0 Å². The Morgan fingerprint density at radius 3 is 2.08 bits per heavy atom. The van der Waals surface area contributed by atoms with Crippen molar-refractivity contribution in [2.45, 2.75) is 11.3 Å². The molecule has 0 aliphatic carbocycles. The van der Waals surface area contributed by atoms with Gasteiger partial charge in [-0.1, -0.05) is 23.4 Å². The Hall–Kier alpha value is -2.67. The summed E-state index contributed by atoms with van der Waals surface area (Å²) in [5, 5.41) is 24.7. The van der Waals surface area contributed by atoms with Gasteiger partial charge in [-0.15, -0.1) is 0 Å². The standard InChI is InChI=1S/C12H7ClF3N5O4S/c1-26-11-17-8(13)4-9(19-11)18-10-6(20(22)23)2-5(12(14,15)16)3-7(10)21(24)25/h2-4H,1H3,(H,17,18,19). The molecule has 2 rings (SSSR count). The number of nitrogens with one attached hydrogen (secondary N) is 1. The third kappa shape index (κ3) is 4.29. The number of nitrogens with zero attached hydrogens (tertiary/aromatic N) is 4. The number of hydrogen-bond donors (Lipinski definition) is 1. The molecule has 0 radical (unpaired) electrons. The highest BCUT2D eigenvalue weighted by molar-refractivity contribution is 7.98. The Balaban J connectivity index is 2.68. The molecule has 1 N–H and O–H groups in total. The number of nitro groups is 2. The van der Waals surface area contributed by atoms with Gasteiger partial charge in [-0.25, -0.2) is 9.97 Å². The number of alkyl halides is 3. The highest BCUT2D eigenvalue weighted by Crippen LogP contribution is 2.42. The van der Waals surface area contributed by atoms with E-state index in [0.29, 0.717) is 0 Å². The van der Waals surface area contributed by atoms with Crippen molar-refractivity contribution in [2.24, 2.45) is 0 Å². The number of hydrogen-bond acceptors (Lipinski definition) is 8. The summed E-state index contributed by atoms with van der Waals surface area (Å²) in [5.74, 6) is -0.152. The van der Waals surface area contributed by atoms with Crippen LogP contribution in [0.5, 0.6) is 0 Å². The van der Waals surface area contributed by atoms with Crippen LogP contribution in [0, 0.1) is 20.2 Å². The minimum absolute atomic E-state index is 0.0657. The number of rotatable bonds is 5. The van der Waals surface area contributed by atoms with Gasteiger partial charge in [0.05, 0.1) is 15.4 Å². The summed E-state index contributed by atoms with van der Waals surface area (Å²) < 4.78 is 38.6. The average molecular weight is 410 g/mol. The summed E-state index contributed by atoms with van der Waals surface area (Å²) in [7, 11) is 0. The molecule has 0 saturated heterocycles. The molecule has 14 heteroatoms. The van der Waals surface area contributed by atoms with Crippen LogP contribution in [-0.4, -0.2) is 26.1 Å². The van der Waals surface area contributed by atoms with Gasteiger partial charge in [0.2, 0.25) is 0 Å². The first kappa shape index (κ1) is 19.7. The molecule has 0 aliphatic heterocycles. The smallest absolute Gasteiger partial charge is 0.329 e. The Morgan fingerprint density at radius 2 is 1.65 bits per heavy atom. The highest BCUT2D eigenvalue weighted by atomic mass is 35.5. The van der Waals surface area contributed by atoms with Crippen LogP contribution in [0.1, 0.15) is 5.56 Å². The third-order valence-electron chi connectivity index (χ3n) is 2.93. The van der Waals surface area contributed by atoms with Crippen molar-refractivity contribution < 1.29 is 23.0 Å². The quantitative estimate of drug-likeness (QED) is 0.253. The van der Waals surface area contributed by atoms with E-state index in [9.17, 15) is 33.4 Å². The van der Waals surface area contributed by atoms with Gasteiger partial charge in [0.1, 0.15) is 11.0 Å². The van der Waals surface area contributed by atoms with Crippen molar-refractivity contribution in [1.82, 2.24) is 9.97 Å². The van der Waals surface area contributed by atoms with Crippen molar-refractivity contribution in [1.29, 1.82) is 0 Å². The lowest BCUT2D eigenvalue weighted by atomic mass is 10.1. The first-order valence-electron chi connectivity index (χ1n) is 6.42. The number of nitro benzene ring substituents is 2. The van der Waals surface area contributed by atoms with E-state index in [4.69, 9.17) is 11.6 Å². The minimum atomic E-state index is -5.00. The van der Waals surface area contributed by atoms with E-state index in [1.807, 2.05) is 0 Å². The molecule has 0 spiro atoms. The van der Waals surface area contributed by atoms with Gasteiger partial charge in [-0.3, -0.25) is 20.2 Å². The second-order valence-electron chi connectivity index (χ2n) is 4.59. The van der Waals surface area contributed by atoms with Gasteiger partial charge in [0.15, 0.2) is 10.8 Å². The maximum Gasteiger partial charge on any atom is 0.416 e. The summed E-state index contributed by atoms with van der Waals surface area (Å²) >= 11 is 6.84. The molecule has 0 amide bonds. The molecule has 2 aromatic rings. The van der Waals surface area contributed by atoms with Crippen LogP contribution < -0.4 is 5.32 Å². The number of benzene rings is 1. The van der Waals surface area contributed by atoms with Crippen LogP contribution in [-0.2, 0) is 6.18 Å². The van der Waals surface area contributed by atoms with Gasteiger partial charge in [-0.05, 0) is 6.26 Å². The largest absolute Gasteiger partial charge is 0.416 e. The summed E-state index contributed by atoms with van der Waals surface area (Å²) in [4.78, 5) is 27.7. The van der Waals surface area contributed by atoms with E-state index >= 15 is 0 Å². The molecule has 0 bridgehead atoms. The van der Waals surface area contributed by atoms with Crippen molar-refractivity contribution in [2.75, 3.05) is 11.6 Å². The monoisotopic (exact) mass is 409 g/mol. The predicted octanol–water partition coefficient (Wildman–Crippen LogP) is 4.43. The number of aromatic nitrogens is 2. The van der Waals surface area contributed by atoms with Gasteiger partial charge in [-0.2, -0.15) is 13.2 Å². The number of thioether (sulfide) groups is 1. The van der Waals surface area contributed by atoms with E-state index in [1.165, 1.54) is 0 Å². The van der Waals surface area contributed by atoms with Crippen molar-refractivity contribution in [3.05, 3.63) is 49.1 Å². The predicted molar refractivity (Wildman–Crippen MR) is 86.9 cm³/mol. The lowest BCUT2D eigenvalue weighted by Gasteiger charge is -2.11. The molecule has 0 atom stereocenters. The zero-order valence-electron chi connectivity index (χ0n) is 12.6. The zero-order valence-corrected chi connectivity index (χ0v) is 14.1. The maximum absolute atomic E-state index is 12.9. The SMILES string of the molecule is CSc1nc(Cl)cc(Nc2c([N+](=O)[O-])cc(C(F)(F)F)cc2[N+](=O)[O-])n1. The highest BCUT2D eigenvalue weighted by Gasteiger charge is 2.37. The average Bonchev–Trinajstić information content (AvgIpc) is 2.52. The fourth-order valence-corrected chi connectivity index (χ4v) is 2.48. The molecular formula is C12H7ClF3N5O4S. The van der Waals surface area contributed by atoms with Crippen LogP contribution in [0.4, 0.5) is 36.1 Å². The summed E-state index contributed by atoms with van der Waals surface area (Å²) in [6.45, 7) is 0. The molecule has 1 heterocycles. The van der Waals surface area contributed by atoms with Crippen LogP contribution in [0.15, 0.2) is 23.4 Å². The van der Waals surface area contributed by atoms with Gasteiger partial charge in [0, 0.05) is 18.2 Å². The molecule has 0 saturated carbocycles. The minimum Gasteiger partial charge on any atom is -0.329 e.